The molecule has 102 valence electrons. The van der Waals surface area contributed by atoms with E-state index in [1.807, 2.05) is 55.5 Å². The fourth-order valence-corrected chi connectivity index (χ4v) is 2.09. The average Bonchev–Trinajstić information content (AvgIpc) is 2.49. The zero-order valence-corrected chi connectivity index (χ0v) is 11.8. The van der Waals surface area contributed by atoms with E-state index in [4.69, 9.17) is 0 Å². The molecule has 0 fully saturated rings. The molecule has 0 aliphatic heterocycles. The summed E-state index contributed by atoms with van der Waals surface area (Å²) >= 11 is 0. The van der Waals surface area contributed by atoms with E-state index in [0.717, 1.165) is 5.70 Å². The van der Waals surface area contributed by atoms with Gasteiger partial charge in [-0.2, -0.15) is 0 Å². The van der Waals surface area contributed by atoms with Crippen molar-refractivity contribution >= 4 is 5.78 Å². The maximum absolute atomic E-state index is 12.1. The molecule has 0 aliphatic rings. The van der Waals surface area contributed by atoms with Crippen LogP contribution in [0.15, 0.2) is 72.4 Å². The van der Waals surface area contributed by atoms with Gasteiger partial charge in [0.1, 0.15) is 0 Å². The molecule has 0 amide bonds. The highest BCUT2D eigenvalue weighted by Gasteiger charge is 2.06. The molecule has 0 saturated carbocycles. The smallest absolute Gasteiger partial charge is 0.187 e. The first-order valence-electron chi connectivity index (χ1n) is 6.76. The standard InChI is InChI=1S/C18H19NO/c1-14(13-18(20)17-11-7-4-8-12-17)19-15(2)16-9-5-3-6-10-16/h3-13,15,19H,1-2H3/b14-13+. The number of rotatable bonds is 5. The largest absolute Gasteiger partial charge is 0.382 e. The molecule has 0 spiro atoms. The summed E-state index contributed by atoms with van der Waals surface area (Å²) in [5.41, 5.74) is 2.78. The summed E-state index contributed by atoms with van der Waals surface area (Å²) in [7, 11) is 0. The van der Waals surface area contributed by atoms with Gasteiger partial charge < -0.3 is 5.32 Å². The van der Waals surface area contributed by atoms with Crippen LogP contribution in [-0.4, -0.2) is 5.78 Å². The molecule has 0 radical (unpaired) electrons. The molecule has 0 aliphatic carbocycles. The lowest BCUT2D eigenvalue weighted by atomic mass is 10.1. The molecule has 0 aromatic heterocycles. The van der Waals surface area contributed by atoms with Gasteiger partial charge in [0, 0.05) is 23.4 Å². The maximum atomic E-state index is 12.1. The zero-order valence-electron chi connectivity index (χ0n) is 11.8. The Labute approximate surface area is 120 Å². The van der Waals surface area contributed by atoms with Crippen molar-refractivity contribution in [3.8, 4) is 0 Å². The van der Waals surface area contributed by atoms with Crippen LogP contribution in [0.2, 0.25) is 0 Å². The van der Waals surface area contributed by atoms with Crippen LogP contribution in [0, 0.1) is 0 Å². The second-order valence-electron chi connectivity index (χ2n) is 4.83. The second kappa shape index (κ2) is 6.71. The fraction of sp³-hybridized carbons (Fsp3) is 0.167. The zero-order chi connectivity index (χ0) is 14.4. The van der Waals surface area contributed by atoms with Crippen molar-refractivity contribution in [2.24, 2.45) is 0 Å². The van der Waals surface area contributed by atoms with Gasteiger partial charge in [-0.25, -0.2) is 0 Å². The van der Waals surface area contributed by atoms with Crippen LogP contribution in [0.25, 0.3) is 0 Å². The topological polar surface area (TPSA) is 29.1 Å². The Balaban J connectivity index is 2.03. The number of nitrogens with one attached hydrogen (secondary N) is 1. The van der Waals surface area contributed by atoms with Crippen molar-refractivity contribution in [2.75, 3.05) is 0 Å². The Morgan fingerprint density at radius 2 is 1.55 bits per heavy atom. The summed E-state index contributed by atoms with van der Waals surface area (Å²) < 4.78 is 0. The molecule has 2 nitrogen and oxygen atoms in total. The van der Waals surface area contributed by atoms with E-state index >= 15 is 0 Å². The van der Waals surface area contributed by atoms with Gasteiger partial charge in [-0.15, -0.1) is 0 Å². The van der Waals surface area contributed by atoms with Gasteiger partial charge >= 0.3 is 0 Å². The van der Waals surface area contributed by atoms with E-state index in [2.05, 4.69) is 24.4 Å². The predicted octanol–water partition coefficient (Wildman–Crippen LogP) is 4.12. The maximum Gasteiger partial charge on any atom is 0.187 e. The normalized spacial score (nSPS) is 12.8. The van der Waals surface area contributed by atoms with E-state index < -0.39 is 0 Å². The Hall–Kier alpha value is -2.35. The van der Waals surface area contributed by atoms with Crippen molar-refractivity contribution in [3.05, 3.63) is 83.6 Å². The van der Waals surface area contributed by atoms with Crippen LogP contribution in [0.1, 0.15) is 35.8 Å². The summed E-state index contributed by atoms with van der Waals surface area (Å²) in [5, 5.41) is 3.34. The minimum Gasteiger partial charge on any atom is -0.382 e. The third kappa shape index (κ3) is 3.82. The third-order valence-electron chi connectivity index (χ3n) is 3.15. The van der Waals surface area contributed by atoms with E-state index in [0.29, 0.717) is 5.56 Å². The first-order chi connectivity index (χ1) is 9.66. The Morgan fingerprint density at radius 3 is 2.15 bits per heavy atom. The third-order valence-corrected chi connectivity index (χ3v) is 3.15. The number of allylic oxidation sites excluding steroid dienone is 2. The number of hydrogen-bond donors (Lipinski definition) is 1. The molecule has 1 atom stereocenters. The number of benzene rings is 2. The van der Waals surface area contributed by atoms with Crippen LogP contribution in [0.3, 0.4) is 0 Å². The molecular formula is C18H19NO. The van der Waals surface area contributed by atoms with Crippen LogP contribution in [-0.2, 0) is 0 Å². The van der Waals surface area contributed by atoms with Crippen molar-refractivity contribution in [2.45, 2.75) is 19.9 Å². The van der Waals surface area contributed by atoms with E-state index in [-0.39, 0.29) is 11.8 Å². The lowest BCUT2D eigenvalue weighted by molar-refractivity contribution is 0.104. The fourth-order valence-electron chi connectivity index (χ4n) is 2.09. The quantitative estimate of drug-likeness (QED) is 0.650. The van der Waals surface area contributed by atoms with Crippen molar-refractivity contribution < 1.29 is 4.79 Å². The summed E-state index contributed by atoms with van der Waals surface area (Å²) in [6.45, 7) is 4.00. The highest BCUT2D eigenvalue weighted by atomic mass is 16.1. The minimum absolute atomic E-state index is 0.0239. The first-order valence-corrected chi connectivity index (χ1v) is 6.76. The summed E-state index contributed by atoms with van der Waals surface area (Å²) in [4.78, 5) is 12.1. The summed E-state index contributed by atoms with van der Waals surface area (Å²) in [5.74, 6) is 0.0239. The minimum atomic E-state index is 0.0239. The van der Waals surface area contributed by atoms with Gasteiger partial charge in [0.2, 0.25) is 0 Å². The van der Waals surface area contributed by atoms with E-state index in [9.17, 15) is 4.79 Å². The van der Waals surface area contributed by atoms with Crippen molar-refractivity contribution in [3.63, 3.8) is 0 Å². The van der Waals surface area contributed by atoms with Crippen LogP contribution in [0.4, 0.5) is 0 Å². The molecule has 0 heterocycles. The van der Waals surface area contributed by atoms with Gasteiger partial charge in [-0.05, 0) is 19.4 Å². The van der Waals surface area contributed by atoms with Crippen LogP contribution in [0.5, 0.6) is 0 Å². The molecule has 2 heteroatoms. The van der Waals surface area contributed by atoms with Gasteiger partial charge in [-0.1, -0.05) is 60.7 Å². The summed E-state index contributed by atoms with van der Waals surface area (Å²) in [6.07, 6.45) is 1.65. The average molecular weight is 265 g/mol. The van der Waals surface area contributed by atoms with Crippen molar-refractivity contribution in [1.29, 1.82) is 0 Å². The molecule has 20 heavy (non-hydrogen) atoms. The number of carbonyl (C=O) groups excluding carboxylic acids is 1. The number of ketones is 1. The lowest BCUT2D eigenvalue weighted by Gasteiger charge is -2.15. The molecule has 1 N–H and O–H groups in total. The highest BCUT2D eigenvalue weighted by molar-refractivity contribution is 6.04. The van der Waals surface area contributed by atoms with E-state index in [1.54, 1.807) is 6.08 Å². The van der Waals surface area contributed by atoms with Gasteiger partial charge in [0.05, 0.1) is 0 Å². The monoisotopic (exact) mass is 265 g/mol. The molecule has 2 aromatic rings. The van der Waals surface area contributed by atoms with Gasteiger partial charge in [0.15, 0.2) is 5.78 Å². The Bertz CT molecular complexity index is 587. The molecule has 0 saturated heterocycles. The second-order valence-corrected chi connectivity index (χ2v) is 4.83. The Kier molecular flexibility index (Phi) is 4.72. The predicted molar refractivity (Wildman–Crippen MR) is 82.5 cm³/mol. The molecule has 2 aromatic carbocycles. The van der Waals surface area contributed by atoms with Crippen LogP contribution >= 0.6 is 0 Å². The SMILES string of the molecule is C/C(=C\C(=O)c1ccccc1)NC(C)c1ccccc1. The van der Waals surface area contributed by atoms with Crippen molar-refractivity contribution in [1.82, 2.24) is 5.32 Å². The van der Waals surface area contributed by atoms with E-state index in [1.165, 1.54) is 5.56 Å². The molecular weight excluding hydrogens is 246 g/mol. The number of hydrogen-bond acceptors (Lipinski definition) is 2. The molecule has 1 unspecified atom stereocenters. The Morgan fingerprint density at radius 1 is 1.00 bits per heavy atom. The van der Waals surface area contributed by atoms with Gasteiger partial charge in [-0.3, -0.25) is 4.79 Å². The number of carbonyl (C=O) groups is 1. The molecule has 0 bridgehead atoms. The summed E-state index contributed by atoms with van der Waals surface area (Å²) in [6, 6.07) is 19.7. The first kappa shape index (κ1) is 14.1. The highest BCUT2D eigenvalue weighted by Crippen LogP contribution is 2.13. The van der Waals surface area contributed by atoms with Crippen LogP contribution < -0.4 is 5.32 Å². The molecule has 2 rings (SSSR count). The van der Waals surface area contributed by atoms with Gasteiger partial charge in [0.25, 0.3) is 0 Å². The lowest BCUT2D eigenvalue weighted by Crippen LogP contribution is -2.17.